The second kappa shape index (κ2) is 6.40. The second-order valence-electron chi connectivity index (χ2n) is 4.50. The van der Waals surface area contributed by atoms with Gasteiger partial charge in [-0.2, -0.15) is 0 Å². The van der Waals surface area contributed by atoms with Gasteiger partial charge < -0.3 is 15.5 Å². The van der Waals surface area contributed by atoms with Crippen molar-refractivity contribution in [3.63, 3.8) is 0 Å². The standard InChI is InChI=1S/C14H21N3O/c1-2-16-14(18)11-12-5-3-4-6-13(12)17-9-7-15-8-10-17/h3-6,15H,2,7-11H2,1H3,(H,16,18). The van der Waals surface area contributed by atoms with Crippen molar-refractivity contribution in [2.45, 2.75) is 13.3 Å². The minimum absolute atomic E-state index is 0.0973. The molecule has 0 unspecified atom stereocenters. The van der Waals surface area contributed by atoms with Gasteiger partial charge in [0.1, 0.15) is 0 Å². The molecule has 98 valence electrons. The third kappa shape index (κ3) is 3.23. The lowest BCUT2D eigenvalue weighted by atomic mass is 10.1. The van der Waals surface area contributed by atoms with E-state index in [0.717, 1.165) is 31.7 Å². The van der Waals surface area contributed by atoms with Gasteiger partial charge in [-0.15, -0.1) is 0 Å². The molecule has 0 bridgehead atoms. The number of nitrogens with zero attached hydrogens (tertiary/aromatic N) is 1. The highest BCUT2D eigenvalue weighted by atomic mass is 16.1. The molecule has 2 rings (SSSR count). The topological polar surface area (TPSA) is 44.4 Å². The van der Waals surface area contributed by atoms with Crippen LogP contribution in [-0.4, -0.2) is 38.6 Å². The summed E-state index contributed by atoms with van der Waals surface area (Å²) in [6.45, 7) is 6.67. The van der Waals surface area contributed by atoms with Gasteiger partial charge in [0.15, 0.2) is 0 Å². The Kier molecular flexibility index (Phi) is 4.59. The van der Waals surface area contributed by atoms with E-state index in [9.17, 15) is 4.79 Å². The number of amides is 1. The second-order valence-corrected chi connectivity index (χ2v) is 4.50. The number of hydrogen-bond donors (Lipinski definition) is 2. The number of anilines is 1. The van der Waals surface area contributed by atoms with Crippen LogP contribution >= 0.6 is 0 Å². The Morgan fingerprint density at radius 3 is 2.78 bits per heavy atom. The first-order chi connectivity index (χ1) is 8.81. The number of nitrogens with one attached hydrogen (secondary N) is 2. The minimum Gasteiger partial charge on any atom is -0.369 e. The number of carbonyl (C=O) groups is 1. The van der Waals surface area contributed by atoms with Crippen LogP contribution in [0.5, 0.6) is 0 Å². The first-order valence-corrected chi connectivity index (χ1v) is 6.61. The van der Waals surface area contributed by atoms with Crippen molar-refractivity contribution >= 4 is 11.6 Å². The van der Waals surface area contributed by atoms with Crippen LogP contribution in [0.15, 0.2) is 24.3 Å². The van der Waals surface area contributed by atoms with Crippen LogP contribution in [0.25, 0.3) is 0 Å². The monoisotopic (exact) mass is 247 g/mol. The van der Waals surface area contributed by atoms with Crippen LogP contribution in [0.1, 0.15) is 12.5 Å². The summed E-state index contributed by atoms with van der Waals surface area (Å²) >= 11 is 0. The van der Waals surface area contributed by atoms with Gasteiger partial charge in [-0.3, -0.25) is 4.79 Å². The number of piperazine rings is 1. The highest BCUT2D eigenvalue weighted by Gasteiger charge is 2.15. The zero-order valence-corrected chi connectivity index (χ0v) is 10.9. The zero-order chi connectivity index (χ0) is 12.8. The Hall–Kier alpha value is -1.55. The van der Waals surface area contributed by atoms with Gasteiger partial charge in [0.05, 0.1) is 6.42 Å². The maximum absolute atomic E-state index is 11.7. The molecule has 18 heavy (non-hydrogen) atoms. The van der Waals surface area contributed by atoms with Gasteiger partial charge in [-0.05, 0) is 18.6 Å². The quantitative estimate of drug-likeness (QED) is 0.826. The van der Waals surface area contributed by atoms with Gasteiger partial charge in [-0.1, -0.05) is 18.2 Å². The van der Waals surface area contributed by atoms with Crippen molar-refractivity contribution in [3.05, 3.63) is 29.8 Å². The molecular formula is C14H21N3O. The first kappa shape index (κ1) is 12.9. The highest BCUT2D eigenvalue weighted by Crippen LogP contribution is 2.21. The van der Waals surface area contributed by atoms with E-state index < -0.39 is 0 Å². The number of rotatable bonds is 4. The molecular weight excluding hydrogens is 226 g/mol. The van der Waals surface area contributed by atoms with Gasteiger partial charge in [0.25, 0.3) is 0 Å². The number of para-hydroxylation sites is 1. The predicted molar refractivity (Wildman–Crippen MR) is 73.9 cm³/mol. The molecule has 0 atom stereocenters. The average Bonchev–Trinajstić information content (AvgIpc) is 2.40. The molecule has 1 fully saturated rings. The van der Waals surface area contributed by atoms with Crippen molar-refractivity contribution in [2.24, 2.45) is 0 Å². The van der Waals surface area contributed by atoms with Crippen LogP contribution in [0.3, 0.4) is 0 Å². The Balaban J connectivity index is 2.11. The molecule has 4 heteroatoms. The van der Waals surface area contributed by atoms with Crippen LogP contribution in [0.2, 0.25) is 0 Å². The number of hydrogen-bond acceptors (Lipinski definition) is 3. The first-order valence-electron chi connectivity index (χ1n) is 6.61. The summed E-state index contributed by atoms with van der Waals surface area (Å²) in [4.78, 5) is 14.1. The van der Waals surface area contributed by atoms with Crippen molar-refractivity contribution in [1.82, 2.24) is 10.6 Å². The molecule has 2 N–H and O–H groups in total. The smallest absolute Gasteiger partial charge is 0.224 e. The predicted octanol–water partition coefficient (Wildman–Crippen LogP) is 0.775. The Morgan fingerprint density at radius 2 is 2.06 bits per heavy atom. The van der Waals surface area contributed by atoms with Crippen LogP contribution in [0, 0.1) is 0 Å². The normalized spacial score (nSPS) is 15.5. The molecule has 4 nitrogen and oxygen atoms in total. The van der Waals surface area contributed by atoms with E-state index in [-0.39, 0.29) is 5.91 Å². The summed E-state index contributed by atoms with van der Waals surface area (Å²) in [5, 5.41) is 6.20. The van der Waals surface area contributed by atoms with E-state index in [4.69, 9.17) is 0 Å². The van der Waals surface area contributed by atoms with E-state index in [0.29, 0.717) is 13.0 Å². The van der Waals surface area contributed by atoms with E-state index in [1.165, 1.54) is 5.69 Å². The summed E-state index contributed by atoms with van der Waals surface area (Å²) in [7, 11) is 0. The van der Waals surface area contributed by atoms with E-state index >= 15 is 0 Å². The molecule has 0 radical (unpaired) electrons. The molecule has 1 aromatic rings. The maximum Gasteiger partial charge on any atom is 0.224 e. The van der Waals surface area contributed by atoms with Crippen molar-refractivity contribution in [2.75, 3.05) is 37.6 Å². The Bertz CT molecular complexity index is 400. The fourth-order valence-corrected chi connectivity index (χ4v) is 2.31. The molecule has 1 heterocycles. The third-order valence-electron chi connectivity index (χ3n) is 3.17. The minimum atomic E-state index is 0.0973. The summed E-state index contributed by atoms with van der Waals surface area (Å²) in [5.41, 5.74) is 2.32. The van der Waals surface area contributed by atoms with E-state index in [2.05, 4.69) is 21.6 Å². The van der Waals surface area contributed by atoms with Crippen molar-refractivity contribution in [3.8, 4) is 0 Å². The maximum atomic E-state index is 11.7. The molecule has 0 saturated carbocycles. The van der Waals surface area contributed by atoms with Gasteiger partial charge in [-0.25, -0.2) is 0 Å². The molecule has 1 amide bonds. The Morgan fingerprint density at radius 1 is 1.33 bits per heavy atom. The number of likely N-dealkylation sites (N-methyl/N-ethyl adjacent to an activating group) is 1. The van der Waals surface area contributed by atoms with Gasteiger partial charge in [0.2, 0.25) is 5.91 Å². The molecule has 0 spiro atoms. The number of benzene rings is 1. The summed E-state index contributed by atoms with van der Waals surface area (Å²) < 4.78 is 0. The SMILES string of the molecule is CCNC(=O)Cc1ccccc1N1CCNCC1. The van der Waals surface area contributed by atoms with Crippen molar-refractivity contribution < 1.29 is 4.79 Å². The molecule has 0 aliphatic carbocycles. The lowest BCUT2D eigenvalue weighted by Crippen LogP contribution is -2.44. The summed E-state index contributed by atoms with van der Waals surface area (Å²) in [5.74, 6) is 0.0973. The molecule has 0 aromatic heterocycles. The largest absolute Gasteiger partial charge is 0.369 e. The number of carbonyl (C=O) groups excluding carboxylic acids is 1. The zero-order valence-electron chi connectivity index (χ0n) is 10.9. The summed E-state index contributed by atoms with van der Waals surface area (Å²) in [6.07, 6.45) is 0.466. The van der Waals surface area contributed by atoms with Crippen LogP contribution in [-0.2, 0) is 11.2 Å². The molecule has 1 saturated heterocycles. The lowest BCUT2D eigenvalue weighted by molar-refractivity contribution is -0.120. The average molecular weight is 247 g/mol. The molecule has 1 aromatic carbocycles. The van der Waals surface area contributed by atoms with E-state index in [1.807, 2.05) is 25.1 Å². The molecule has 1 aliphatic rings. The van der Waals surface area contributed by atoms with Gasteiger partial charge >= 0.3 is 0 Å². The fourth-order valence-electron chi connectivity index (χ4n) is 2.31. The third-order valence-corrected chi connectivity index (χ3v) is 3.17. The van der Waals surface area contributed by atoms with E-state index in [1.54, 1.807) is 0 Å². The van der Waals surface area contributed by atoms with Crippen LogP contribution in [0.4, 0.5) is 5.69 Å². The van der Waals surface area contributed by atoms with Crippen molar-refractivity contribution in [1.29, 1.82) is 0 Å². The molecule has 1 aliphatic heterocycles. The lowest BCUT2D eigenvalue weighted by Gasteiger charge is -2.31. The summed E-state index contributed by atoms with van der Waals surface area (Å²) in [6, 6.07) is 8.20. The van der Waals surface area contributed by atoms with Crippen LogP contribution < -0.4 is 15.5 Å². The van der Waals surface area contributed by atoms with Gasteiger partial charge in [0, 0.05) is 38.4 Å². The fraction of sp³-hybridized carbons (Fsp3) is 0.500. The highest BCUT2D eigenvalue weighted by molar-refractivity contribution is 5.80. The Labute approximate surface area is 108 Å².